The van der Waals surface area contributed by atoms with Gasteiger partial charge in [0.2, 0.25) is 5.91 Å². The first-order valence-corrected chi connectivity index (χ1v) is 7.55. The van der Waals surface area contributed by atoms with Crippen LogP contribution in [0.4, 0.5) is 8.78 Å². The highest BCUT2D eigenvalue weighted by molar-refractivity contribution is 14.0. The van der Waals surface area contributed by atoms with Crippen LogP contribution in [0.2, 0.25) is 0 Å². The number of guanidine groups is 1. The zero-order chi connectivity index (χ0) is 18.3. The number of carbonyl (C=O) groups excluding carboxylic acids is 1. The Labute approximate surface area is 164 Å². The molecule has 0 saturated carbocycles. The summed E-state index contributed by atoms with van der Waals surface area (Å²) in [6.07, 6.45) is 0. The maximum atomic E-state index is 13.9. The summed E-state index contributed by atoms with van der Waals surface area (Å²) in [5.41, 5.74) is 1.18. The molecule has 0 aliphatic heterocycles. The lowest BCUT2D eigenvalue weighted by atomic mass is 10.1. The minimum absolute atomic E-state index is 0. The van der Waals surface area contributed by atoms with E-state index in [2.05, 4.69) is 22.2 Å². The van der Waals surface area contributed by atoms with Gasteiger partial charge in [0.15, 0.2) is 5.96 Å². The molecule has 1 amide bonds. The van der Waals surface area contributed by atoms with Crippen molar-refractivity contribution < 1.29 is 13.6 Å². The van der Waals surface area contributed by atoms with Crippen molar-refractivity contribution in [3.05, 3.63) is 47.5 Å². The third-order valence-corrected chi connectivity index (χ3v) is 3.21. The zero-order valence-electron chi connectivity index (χ0n) is 14.9. The second-order valence-corrected chi connectivity index (χ2v) is 5.80. The topological polar surface area (TPSA) is 56.7 Å². The first kappa shape index (κ1) is 23.3. The molecule has 140 valence electrons. The predicted molar refractivity (Wildman–Crippen MR) is 107 cm³/mol. The minimum Gasteiger partial charge on any atom is -0.353 e. The van der Waals surface area contributed by atoms with Gasteiger partial charge in [-0.25, -0.2) is 13.8 Å². The van der Waals surface area contributed by atoms with Crippen molar-refractivity contribution >= 4 is 35.8 Å². The summed E-state index contributed by atoms with van der Waals surface area (Å²) in [4.78, 5) is 17.3. The van der Waals surface area contributed by atoms with E-state index >= 15 is 0 Å². The van der Waals surface area contributed by atoms with E-state index in [9.17, 15) is 13.6 Å². The fourth-order valence-electron chi connectivity index (χ4n) is 1.81. The number of hydrogen-bond acceptors (Lipinski definition) is 2. The van der Waals surface area contributed by atoms with E-state index in [1.165, 1.54) is 17.0 Å². The van der Waals surface area contributed by atoms with E-state index in [1.807, 2.05) is 6.92 Å². The molecule has 0 heterocycles. The molecule has 0 spiro atoms. The molecule has 8 heteroatoms. The molecule has 0 bridgehead atoms. The smallest absolute Gasteiger partial charge is 0.243 e. The Morgan fingerprint density at radius 1 is 1.36 bits per heavy atom. The van der Waals surface area contributed by atoms with Gasteiger partial charge in [-0.3, -0.25) is 4.79 Å². The summed E-state index contributed by atoms with van der Waals surface area (Å²) in [7, 11) is 3.28. The van der Waals surface area contributed by atoms with Gasteiger partial charge in [0, 0.05) is 32.3 Å². The van der Waals surface area contributed by atoms with Crippen LogP contribution in [0.25, 0.3) is 0 Å². The van der Waals surface area contributed by atoms with Crippen LogP contribution in [0.3, 0.4) is 0 Å². The summed E-state index contributed by atoms with van der Waals surface area (Å²) in [6.45, 7) is 7.77. The molecule has 1 atom stereocenters. The van der Waals surface area contributed by atoms with Crippen molar-refractivity contribution in [3.63, 3.8) is 0 Å². The molecule has 0 saturated heterocycles. The highest BCUT2D eigenvalue weighted by Gasteiger charge is 2.14. The van der Waals surface area contributed by atoms with E-state index < -0.39 is 17.7 Å². The molecule has 5 nitrogen and oxygen atoms in total. The number of halogens is 3. The van der Waals surface area contributed by atoms with Crippen molar-refractivity contribution in [2.75, 3.05) is 27.2 Å². The van der Waals surface area contributed by atoms with Gasteiger partial charge in [-0.05, 0) is 19.9 Å². The molecule has 0 aromatic heterocycles. The van der Waals surface area contributed by atoms with Gasteiger partial charge >= 0.3 is 0 Å². The quantitative estimate of drug-likeness (QED) is 0.294. The van der Waals surface area contributed by atoms with E-state index in [0.717, 1.165) is 11.6 Å². The van der Waals surface area contributed by atoms with Crippen molar-refractivity contribution in [1.82, 2.24) is 15.5 Å². The number of hydrogen-bond donors (Lipinski definition) is 2. The Kier molecular flexibility index (Phi) is 10.3. The van der Waals surface area contributed by atoms with Crippen LogP contribution in [0.15, 0.2) is 35.3 Å². The van der Waals surface area contributed by atoms with Crippen LogP contribution in [-0.2, 0) is 4.79 Å². The molecule has 1 rings (SSSR count). The van der Waals surface area contributed by atoms with Crippen LogP contribution in [0.1, 0.15) is 25.5 Å². The standard InChI is InChI=1S/C17H24F2N4O.HI/c1-11(2)9-20-17(21-10-16(24)23(4)5)22-12(3)14-7-6-13(18)8-15(14)19;/h6-8,12H,1,9-10H2,2-5H3,(H2,20,21,22);1H. The van der Waals surface area contributed by atoms with E-state index in [-0.39, 0.29) is 36.4 Å². The number of benzene rings is 1. The predicted octanol–water partition coefficient (Wildman–Crippen LogP) is 2.84. The lowest BCUT2D eigenvalue weighted by molar-refractivity contribution is -0.127. The molecule has 25 heavy (non-hydrogen) atoms. The van der Waals surface area contributed by atoms with E-state index in [1.54, 1.807) is 21.0 Å². The summed E-state index contributed by atoms with van der Waals surface area (Å²) < 4.78 is 26.9. The molecule has 1 aromatic rings. The number of nitrogens with one attached hydrogen (secondary N) is 2. The van der Waals surface area contributed by atoms with Gasteiger partial charge in [-0.1, -0.05) is 18.2 Å². The fourth-order valence-corrected chi connectivity index (χ4v) is 1.81. The number of carbonyl (C=O) groups is 1. The number of amides is 1. The number of likely N-dealkylation sites (N-methyl/N-ethyl adjacent to an activating group) is 1. The van der Waals surface area contributed by atoms with Crippen LogP contribution >= 0.6 is 24.0 Å². The van der Waals surface area contributed by atoms with Gasteiger partial charge in [0.1, 0.15) is 18.2 Å². The summed E-state index contributed by atoms with van der Waals surface area (Å²) in [6, 6.07) is 2.95. The molecule has 1 unspecified atom stereocenters. The van der Waals surface area contributed by atoms with Crippen molar-refractivity contribution in [1.29, 1.82) is 0 Å². The molecule has 0 fully saturated rings. The Hall–Kier alpha value is -1.71. The monoisotopic (exact) mass is 466 g/mol. The largest absolute Gasteiger partial charge is 0.353 e. The Bertz CT molecular complexity index is 635. The van der Waals surface area contributed by atoms with Gasteiger partial charge < -0.3 is 15.5 Å². The minimum atomic E-state index is -0.640. The van der Waals surface area contributed by atoms with Gasteiger partial charge in [0.25, 0.3) is 0 Å². The zero-order valence-corrected chi connectivity index (χ0v) is 17.2. The fraction of sp³-hybridized carbons (Fsp3) is 0.412. The van der Waals surface area contributed by atoms with Crippen molar-refractivity contribution in [2.45, 2.75) is 19.9 Å². The van der Waals surface area contributed by atoms with E-state index in [0.29, 0.717) is 18.1 Å². The highest BCUT2D eigenvalue weighted by Crippen LogP contribution is 2.17. The summed E-state index contributed by atoms with van der Waals surface area (Å²) in [5.74, 6) is -1.08. The SMILES string of the molecule is C=C(C)CNC(=NCC(=O)N(C)C)NC(C)c1ccc(F)cc1F.I. The second-order valence-electron chi connectivity index (χ2n) is 5.80. The second kappa shape index (κ2) is 11.0. The Morgan fingerprint density at radius 3 is 2.52 bits per heavy atom. The Morgan fingerprint density at radius 2 is 2.00 bits per heavy atom. The lowest BCUT2D eigenvalue weighted by Crippen LogP contribution is -2.40. The van der Waals surface area contributed by atoms with Gasteiger partial charge in [0.05, 0.1) is 6.04 Å². The molecule has 2 N–H and O–H groups in total. The third kappa shape index (κ3) is 8.28. The lowest BCUT2D eigenvalue weighted by Gasteiger charge is -2.19. The highest BCUT2D eigenvalue weighted by atomic mass is 127. The number of rotatable bonds is 6. The first-order valence-electron chi connectivity index (χ1n) is 7.55. The summed E-state index contributed by atoms with van der Waals surface area (Å²) >= 11 is 0. The number of nitrogens with zero attached hydrogens (tertiary/aromatic N) is 2. The molecular formula is C17H25F2IN4O. The van der Waals surface area contributed by atoms with Gasteiger partial charge in [-0.15, -0.1) is 24.0 Å². The molecule has 1 aromatic carbocycles. The maximum Gasteiger partial charge on any atom is 0.243 e. The number of aliphatic imine (C=N–C) groups is 1. The Balaban J connectivity index is 0.00000576. The maximum absolute atomic E-state index is 13.9. The third-order valence-electron chi connectivity index (χ3n) is 3.21. The van der Waals surface area contributed by atoms with Crippen LogP contribution in [0.5, 0.6) is 0 Å². The molecule has 0 aliphatic rings. The van der Waals surface area contributed by atoms with Crippen LogP contribution in [-0.4, -0.2) is 44.0 Å². The molecule has 0 aliphatic carbocycles. The average molecular weight is 466 g/mol. The van der Waals surface area contributed by atoms with Gasteiger partial charge in [-0.2, -0.15) is 0 Å². The molecular weight excluding hydrogens is 441 g/mol. The first-order chi connectivity index (χ1) is 11.2. The van der Waals surface area contributed by atoms with Crippen LogP contribution in [0, 0.1) is 11.6 Å². The van der Waals surface area contributed by atoms with Crippen molar-refractivity contribution in [3.8, 4) is 0 Å². The van der Waals surface area contributed by atoms with Crippen molar-refractivity contribution in [2.24, 2.45) is 4.99 Å². The average Bonchev–Trinajstić information content (AvgIpc) is 2.49. The van der Waals surface area contributed by atoms with Crippen LogP contribution < -0.4 is 10.6 Å². The van der Waals surface area contributed by atoms with E-state index in [4.69, 9.17) is 0 Å². The summed E-state index contributed by atoms with van der Waals surface area (Å²) in [5, 5.41) is 6.02. The molecule has 0 radical (unpaired) electrons. The normalized spacial score (nSPS) is 12.0.